The molecule has 0 atom stereocenters. The Morgan fingerprint density at radius 3 is 2.42 bits per heavy atom. The average Bonchev–Trinajstić information content (AvgIpc) is 2.39. The lowest BCUT2D eigenvalue weighted by atomic mass is 10.1. The second-order valence-electron chi connectivity index (χ2n) is 4.85. The number of sulfone groups is 1. The van der Waals surface area contributed by atoms with E-state index in [1.165, 1.54) is 18.2 Å². The number of hydrogen-bond donors (Lipinski definition) is 1. The molecule has 5 nitrogen and oxygen atoms in total. The summed E-state index contributed by atoms with van der Waals surface area (Å²) < 4.78 is 25.1. The molecular formula is C13H17NO4S. The largest absolute Gasteiger partial charge is 0.478 e. The molecule has 0 spiro atoms. The summed E-state index contributed by atoms with van der Waals surface area (Å²) in [6.07, 6.45) is 1.10. The molecule has 1 aliphatic rings. The molecule has 1 heterocycles. The summed E-state index contributed by atoms with van der Waals surface area (Å²) >= 11 is 0. The number of hydrogen-bond acceptors (Lipinski definition) is 4. The molecule has 1 aliphatic heterocycles. The molecule has 104 valence electrons. The van der Waals surface area contributed by atoms with Crippen LogP contribution in [0.5, 0.6) is 0 Å². The van der Waals surface area contributed by atoms with E-state index in [9.17, 15) is 13.2 Å². The number of likely N-dealkylation sites (tertiary alicyclic amines) is 1. The highest BCUT2D eigenvalue weighted by molar-refractivity contribution is 7.92. The Hall–Kier alpha value is -1.40. The summed E-state index contributed by atoms with van der Waals surface area (Å²) in [6, 6.07) is 5.83. The molecule has 0 aliphatic carbocycles. The molecule has 0 radical (unpaired) electrons. The van der Waals surface area contributed by atoms with Gasteiger partial charge >= 0.3 is 5.97 Å². The molecule has 0 saturated carbocycles. The van der Waals surface area contributed by atoms with E-state index in [0.717, 1.165) is 13.1 Å². The highest BCUT2D eigenvalue weighted by Gasteiger charge is 2.32. The van der Waals surface area contributed by atoms with Crippen molar-refractivity contribution >= 4 is 15.8 Å². The van der Waals surface area contributed by atoms with Gasteiger partial charge in [0, 0.05) is 0 Å². The Labute approximate surface area is 112 Å². The van der Waals surface area contributed by atoms with Crippen molar-refractivity contribution in [1.29, 1.82) is 0 Å². The Morgan fingerprint density at radius 1 is 1.26 bits per heavy atom. The second-order valence-corrected chi connectivity index (χ2v) is 7.05. The number of benzene rings is 1. The maximum absolute atomic E-state index is 12.5. The van der Waals surface area contributed by atoms with Gasteiger partial charge < -0.3 is 10.0 Å². The van der Waals surface area contributed by atoms with E-state index >= 15 is 0 Å². The van der Waals surface area contributed by atoms with Crippen LogP contribution in [0.2, 0.25) is 0 Å². The predicted molar refractivity (Wildman–Crippen MR) is 71.1 cm³/mol. The standard InChI is InChI=1S/C13H17NO4S/c1-14-8-6-10(7-9-14)19(17,18)12-5-3-2-4-11(12)13(15)16/h2-5,10H,6-9H2,1H3,(H,15,16). The van der Waals surface area contributed by atoms with Gasteiger partial charge in [-0.2, -0.15) is 0 Å². The number of rotatable bonds is 3. The first-order valence-electron chi connectivity index (χ1n) is 6.17. The molecule has 0 unspecified atom stereocenters. The number of piperidine rings is 1. The molecular weight excluding hydrogens is 266 g/mol. The van der Waals surface area contributed by atoms with Gasteiger partial charge in [-0.3, -0.25) is 0 Å². The van der Waals surface area contributed by atoms with Crippen LogP contribution in [0.1, 0.15) is 23.2 Å². The highest BCUT2D eigenvalue weighted by atomic mass is 32.2. The number of carboxylic acids is 1. The smallest absolute Gasteiger partial charge is 0.337 e. The topological polar surface area (TPSA) is 74.7 Å². The zero-order valence-electron chi connectivity index (χ0n) is 10.7. The van der Waals surface area contributed by atoms with Crippen LogP contribution in [0.3, 0.4) is 0 Å². The zero-order valence-corrected chi connectivity index (χ0v) is 11.6. The minimum Gasteiger partial charge on any atom is -0.478 e. The zero-order chi connectivity index (χ0) is 14.0. The lowest BCUT2D eigenvalue weighted by Gasteiger charge is -2.28. The highest BCUT2D eigenvalue weighted by Crippen LogP contribution is 2.26. The predicted octanol–water partition coefficient (Wildman–Crippen LogP) is 1.25. The number of nitrogens with zero attached hydrogens (tertiary/aromatic N) is 1. The Morgan fingerprint density at radius 2 is 1.84 bits per heavy atom. The van der Waals surface area contributed by atoms with Crippen LogP contribution in [-0.4, -0.2) is 49.8 Å². The van der Waals surface area contributed by atoms with Gasteiger partial charge in [0.15, 0.2) is 9.84 Å². The molecule has 1 saturated heterocycles. The monoisotopic (exact) mass is 283 g/mol. The molecule has 2 rings (SSSR count). The van der Waals surface area contributed by atoms with Crippen molar-refractivity contribution in [3.05, 3.63) is 29.8 Å². The normalized spacial score (nSPS) is 18.4. The van der Waals surface area contributed by atoms with Gasteiger partial charge in [0.2, 0.25) is 0 Å². The molecule has 0 bridgehead atoms. The van der Waals surface area contributed by atoms with Crippen molar-refractivity contribution in [3.63, 3.8) is 0 Å². The Bertz CT molecular complexity index is 574. The van der Waals surface area contributed by atoms with Gasteiger partial charge in [-0.25, -0.2) is 13.2 Å². The number of carbonyl (C=O) groups is 1. The molecule has 1 fully saturated rings. The fraction of sp³-hybridized carbons (Fsp3) is 0.462. The van der Waals surface area contributed by atoms with Gasteiger partial charge in [-0.1, -0.05) is 12.1 Å². The SMILES string of the molecule is CN1CCC(S(=O)(=O)c2ccccc2C(=O)O)CC1. The van der Waals surface area contributed by atoms with Crippen LogP contribution in [0.15, 0.2) is 29.2 Å². The first-order valence-corrected chi connectivity index (χ1v) is 7.72. The van der Waals surface area contributed by atoms with Crippen LogP contribution < -0.4 is 0 Å². The van der Waals surface area contributed by atoms with E-state index < -0.39 is 21.1 Å². The summed E-state index contributed by atoms with van der Waals surface area (Å²) in [5.74, 6) is -1.20. The van der Waals surface area contributed by atoms with Crippen molar-refractivity contribution in [1.82, 2.24) is 4.90 Å². The minimum atomic E-state index is -3.57. The van der Waals surface area contributed by atoms with Crippen LogP contribution in [0, 0.1) is 0 Å². The maximum atomic E-state index is 12.5. The van der Waals surface area contributed by atoms with E-state index in [1.807, 2.05) is 7.05 Å². The summed E-state index contributed by atoms with van der Waals surface area (Å²) in [5.41, 5.74) is -0.138. The number of aromatic carboxylic acids is 1. The third kappa shape index (κ3) is 2.79. The lowest BCUT2D eigenvalue weighted by Crippen LogP contribution is -2.37. The fourth-order valence-corrected chi connectivity index (χ4v) is 4.29. The van der Waals surface area contributed by atoms with Crippen molar-refractivity contribution in [2.75, 3.05) is 20.1 Å². The van der Waals surface area contributed by atoms with Gasteiger partial charge in [-0.05, 0) is 45.1 Å². The van der Waals surface area contributed by atoms with E-state index in [0.29, 0.717) is 12.8 Å². The van der Waals surface area contributed by atoms with Crippen LogP contribution in [0.4, 0.5) is 0 Å². The van der Waals surface area contributed by atoms with Crippen molar-refractivity contribution in [2.45, 2.75) is 23.0 Å². The molecule has 0 amide bonds. The Kier molecular flexibility index (Phi) is 3.91. The molecule has 19 heavy (non-hydrogen) atoms. The quantitative estimate of drug-likeness (QED) is 0.903. The molecule has 1 N–H and O–H groups in total. The molecule has 0 aromatic heterocycles. The van der Waals surface area contributed by atoms with Gasteiger partial charge in [0.05, 0.1) is 15.7 Å². The summed E-state index contributed by atoms with van der Waals surface area (Å²) in [4.78, 5) is 13.2. The average molecular weight is 283 g/mol. The van der Waals surface area contributed by atoms with Gasteiger partial charge in [0.1, 0.15) is 0 Å². The first-order chi connectivity index (χ1) is 8.93. The Balaban J connectivity index is 2.37. The third-order valence-electron chi connectivity index (χ3n) is 3.53. The second kappa shape index (κ2) is 5.30. The van der Waals surface area contributed by atoms with Crippen LogP contribution >= 0.6 is 0 Å². The lowest BCUT2D eigenvalue weighted by molar-refractivity contribution is 0.0692. The third-order valence-corrected chi connectivity index (χ3v) is 5.85. The van der Waals surface area contributed by atoms with Crippen molar-refractivity contribution in [3.8, 4) is 0 Å². The van der Waals surface area contributed by atoms with Gasteiger partial charge in [-0.15, -0.1) is 0 Å². The summed E-state index contributed by atoms with van der Waals surface area (Å²) in [6.45, 7) is 1.44. The van der Waals surface area contributed by atoms with E-state index in [1.54, 1.807) is 6.07 Å². The van der Waals surface area contributed by atoms with Crippen molar-refractivity contribution in [2.24, 2.45) is 0 Å². The van der Waals surface area contributed by atoms with Crippen LogP contribution in [0.25, 0.3) is 0 Å². The minimum absolute atomic E-state index is 0.0583. The van der Waals surface area contributed by atoms with Crippen molar-refractivity contribution < 1.29 is 18.3 Å². The van der Waals surface area contributed by atoms with E-state index in [-0.39, 0.29) is 10.5 Å². The van der Waals surface area contributed by atoms with Crippen LogP contribution in [-0.2, 0) is 9.84 Å². The van der Waals surface area contributed by atoms with E-state index in [2.05, 4.69) is 4.90 Å². The molecule has 6 heteroatoms. The summed E-state index contributed by atoms with van der Waals surface area (Å²) in [5, 5.41) is 8.61. The maximum Gasteiger partial charge on any atom is 0.337 e. The first kappa shape index (κ1) is 14.0. The van der Waals surface area contributed by atoms with Gasteiger partial charge in [0.25, 0.3) is 0 Å². The number of carboxylic acid groups (broad SMARTS) is 1. The fourth-order valence-electron chi connectivity index (χ4n) is 2.37. The van der Waals surface area contributed by atoms with E-state index in [4.69, 9.17) is 5.11 Å². The molecule has 1 aromatic carbocycles. The molecule has 1 aromatic rings. The summed E-state index contributed by atoms with van der Waals surface area (Å²) in [7, 11) is -1.62.